The van der Waals surface area contributed by atoms with E-state index in [0.717, 1.165) is 12.0 Å². The number of ether oxygens (including phenoxy) is 1. The van der Waals surface area contributed by atoms with Crippen molar-refractivity contribution in [2.75, 3.05) is 17.1 Å². The second-order valence-electron chi connectivity index (χ2n) is 6.37. The van der Waals surface area contributed by atoms with Gasteiger partial charge < -0.3 is 10.1 Å². The maximum absolute atomic E-state index is 12.8. The van der Waals surface area contributed by atoms with E-state index >= 15 is 0 Å². The smallest absolute Gasteiger partial charge is 0.282 e. The number of H-pyrrole nitrogens is 1. The Morgan fingerprint density at radius 2 is 1.86 bits per heavy atom. The second-order valence-corrected chi connectivity index (χ2v) is 7.97. The van der Waals surface area contributed by atoms with Crippen molar-refractivity contribution in [1.29, 1.82) is 0 Å². The molecule has 3 rings (SSSR count). The fraction of sp³-hybridized carbons (Fsp3) is 0.200. The molecule has 0 aliphatic carbocycles. The highest BCUT2D eigenvalue weighted by atomic mass is 32.2. The molecule has 1 heterocycles. The summed E-state index contributed by atoms with van der Waals surface area (Å²) in [5.41, 5.74) is 2.28. The molecule has 0 spiro atoms. The van der Waals surface area contributed by atoms with Gasteiger partial charge in [-0.25, -0.2) is 0 Å². The van der Waals surface area contributed by atoms with Gasteiger partial charge in [0.15, 0.2) is 0 Å². The van der Waals surface area contributed by atoms with E-state index in [0.29, 0.717) is 22.8 Å². The van der Waals surface area contributed by atoms with Crippen molar-refractivity contribution < 1.29 is 17.9 Å². The number of sulfonamides is 1. The van der Waals surface area contributed by atoms with Gasteiger partial charge in [-0.05, 0) is 55.3 Å². The van der Waals surface area contributed by atoms with Crippen LogP contribution in [0.5, 0.6) is 5.75 Å². The van der Waals surface area contributed by atoms with Gasteiger partial charge in [-0.1, -0.05) is 19.1 Å². The third-order valence-electron chi connectivity index (χ3n) is 4.33. The average Bonchev–Trinajstić information content (AvgIpc) is 3.11. The number of aryl methyl sites for hydroxylation is 2. The van der Waals surface area contributed by atoms with Gasteiger partial charge in [-0.3, -0.25) is 14.6 Å². The van der Waals surface area contributed by atoms with Crippen LogP contribution in [0.2, 0.25) is 0 Å². The number of aromatic nitrogens is 2. The summed E-state index contributed by atoms with van der Waals surface area (Å²) < 4.78 is 33.2. The largest absolute Gasteiger partial charge is 0.497 e. The van der Waals surface area contributed by atoms with Crippen LogP contribution in [0, 0.1) is 6.92 Å². The molecule has 0 saturated heterocycles. The molecule has 3 N–H and O–H groups in total. The number of aromatic amines is 1. The Labute approximate surface area is 169 Å². The number of rotatable bonds is 7. The highest BCUT2D eigenvalue weighted by molar-refractivity contribution is 7.92. The van der Waals surface area contributed by atoms with Crippen LogP contribution in [0.15, 0.2) is 53.6 Å². The highest BCUT2D eigenvalue weighted by Gasteiger charge is 2.28. The minimum absolute atomic E-state index is 0.0343. The summed E-state index contributed by atoms with van der Waals surface area (Å²) in [6, 6.07) is 13.8. The molecule has 0 atom stereocenters. The molecule has 152 valence electrons. The first-order valence-electron chi connectivity index (χ1n) is 8.96. The van der Waals surface area contributed by atoms with E-state index in [1.807, 2.05) is 25.1 Å². The zero-order valence-corrected chi connectivity index (χ0v) is 17.1. The van der Waals surface area contributed by atoms with Crippen molar-refractivity contribution in [3.05, 3.63) is 65.4 Å². The molecule has 3 aromatic rings. The number of benzene rings is 2. The maximum atomic E-state index is 12.8. The first-order valence-corrected chi connectivity index (χ1v) is 10.4. The first kappa shape index (κ1) is 20.4. The summed E-state index contributed by atoms with van der Waals surface area (Å²) in [5.74, 6) is 0.0394. The van der Waals surface area contributed by atoms with Gasteiger partial charge in [0.1, 0.15) is 11.3 Å². The maximum Gasteiger partial charge on any atom is 0.282 e. The Hall–Kier alpha value is -3.33. The van der Waals surface area contributed by atoms with Crippen molar-refractivity contribution in [3.63, 3.8) is 0 Å². The Kier molecular flexibility index (Phi) is 5.88. The van der Waals surface area contributed by atoms with Crippen LogP contribution in [-0.4, -0.2) is 31.6 Å². The van der Waals surface area contributed by atoms with Gasteiger partial charge >= 0.3 is 0 Å². The fourth-order valence-corrected chi connectivity index (χ4v) is 4.02. The van der Waals surface area contributed by atoms with Gasteiger partial charge in [0.25, 0.3) is 15.9 Å². The zero-order chi connectivity index (χ0) is 21.0. The molecule has 0 bridgehead atoms. The average molecular weight is 414 g/mol. The van der Waals surface area contributed by atoms with Crippen molar-refractivity contribution in [2.24, 2.45) is 0 Å². The van der Waals surface area contributed by atoms with Crippen LogP contribution in [0.4, 0.5) is 11.4 Å². The summed E-state index contributed by atoms with van der Waals surface area (Å²) in [7, 11) is -2.57. The van der Waals surface area contributed by atoms with E-state index < -0.39 is 15.9 Å². The molecule has 0 aliphatic heterocycles. The number of hydrogen-bond donors (Lipinski definition) is 3. The van der Waals surface area contributed by atoms with E-state index in [2.05, 4.69) is 20.2 Å². The van der Waals surface area contributed by atoms with E-state index in [1.165, 1.54) is 7.11 Å². The standard InChI is InChI=1S/C20H22N4O4S/c1-4-14-6-5-7-16(12-14)21-19(25)18-13(2)22-23-20(18)29(26,27)24-15-8-10-17(28-3)11-9-15/h5-12,24H,4H2,1-3H3,(H,21,25)(H,22,23). The predicted molar refractivity (Wildman–Crippen MR) is 111 cm³/mol. The molecule has 0 fully saturated rings. The van der Waals surface area contributed by atoms with Crippen molar-refractivity contribution in [1.82, 2.24) is 10.2 Å². The van der Waals surface area contributed by atoms with Gasteiger partial charge in [0.2, 0.25) is 5.03 Å². The Morgan fingerprint density at radius 3 is 2.52 bits per heavy atom. The Morgan fingerprint density at radius 1 is 1.14 bits per heavy atom. The normalized spacial score (nSPS) is 11.1. The van der Waals surface area contributed by atoms with Crippen LogP contribution in [-0.2, 0) is 16.4 Å². The van der Waals surface area contributed by atoms with E-state index in [-0.39, 0.29) is 10.6 Å². The molecule has 0 radical (unpaired) electrons. The van der Waals surface area contributed by atoms with Crippen LogP contribution in [0.3, 0.4) is 0 Å². The molecule has 0 aliphatic rings. The lowest BCUT2D eigenvalue weighted by atomic mass is 10.1. The van der Waals surface area contributed by atoms with E-state index in [1.54, 1.807) is 37.3 Å². The summed E-state index contributed by atoms with van der Waals surface area (Å²) in [6.07, 6.45) is 0.819. The Balaban J connectivity index is 1.88. The molecule has 0 unspecified atom stereocenters. The topological polar surface area (TPSA) is 113 Å². The Bertz CT molecular complexity index is 1120. The number of anilines is 2. The fourth-order valence-electron chi connectivity index (χ4n) is 2.79. The number of carbonyl (C=O) groups is 1. The van der Waals surface area contributed by atoms with Crippen LogP contribution in [0.25, 0.3) is 0 Å². The minimum Gasteiger partial charge on any atom is -0.497 e. The summed E-state index contributed by atoms with van der Waals surface area (Å²) in [5, 5.41) is 8.82. The summed E-state index contributed by atoms with van der Waals surface area (Å²) in [6.45, 7) is 3.60. The molecule has 1 aromatic heterocycles. The lowest BCUT2D eigenvalue weighted by Crippen LogP contribution is -2.20. The number of nitrogens with zero attached hydrogens (tertiary/aromatic N) is 1. The lowest BCUT2D eigenvalue weighted by molar-refractivity contribution is 0.102. The third kappa shape index (κ3) is 4.57. The highest BCUT2D eigenvalue weighted by Crippen LogP contribution is 2.23. The zero-order valence-electron chi connectivity index (χ0n) is 16.3. The molecular weight excluding hydrogens is 392 g/mol. The second kappa shape index (κ2) is 8.36. The van der Waals surface area contributed by atoms with E-state index in [9.17, 15) is 13.2 Å². The summed E-state index contributed by atoms with van der Waals surface area (Å²) in [4.78, 5) is 12.8. The van der Waals surface area contributed by atoms with Crippen LogP contribution < -0.4 is 14.8 Å². The van der Waals surface area contributed by atoms with Crippen molar-refractivity contribution in [3.8, 4) is 5.75 Å². The molecular formula is C20H22N4O4S. The monoisotopic (exact) mass is 414 g/mol. The number of amides is 1. The predicted octanol–water partition coefficient (Wildman–Crippen LogP) is 3.34. The van der Waals surface area contributed by atoms with Crippen molar-refractivity contribution in [2.45, 2.75) is 25.3 Å². The SMILES string of the molecule is CCc1cccc(NC(=O)c2c(S(=O)(=O)Nc3ccc(OC)cc3)n[nH]c2C)c1. The number of nitrogens with one attached hydrogen (secondary N) is 3. The third-order valence-corrected chi connectivity index (χ3v) is 5.64. The van der Waals surface area contributed by atoms with Crippen LogP contribution in [0.1, 0.15) is 28.5 Å². The minimum atomic E-state index is -4.09. The molecule has 29 heavy (non-hydrogen) atoms. The lowest BCUT2D eigenvalue weighted by Gasteiger charge is -2.10. The molecule has 1 amide bonds. The number of methoxy groups -OCH3 is 1. The number of hydrogen-bond acceptors (Lipinski definition) is 5. The quantitative estimate of drug-likeness (QED) is 0.549. The van der Waals surface area contributed by atoms with Gasteiger partial charge in [0.05, 0.1) is 7.11 Å². The van der Waals surface area contributed by atoms with Gasteiger partial charge in [0, 0.05) is 17.1 Å². The van der Waals surface area contributed by atoms with Crippen molar-refractivity contribution >= 4 is 27.3 Å². The molecule has 2 aromatic carbocycles. The van der Waals surface area contributed by atoms with Crippen LogP contribution >= 0.6 is 0 Å². The molecule has 9 heteroatoms. The van der Waals surface area contributed by atoms with Gasteiger partial charge in [-0.15, -0.1) is 0 Å². The molecule has 0 saturated carbocycles. The van der Waals surface area contributed by atoms with E-state index in [4.69, 9.17) is 4.74 Å². The summed E-state index contributed by atoms with van der Waals surface area (Å²) >= 11 is 0. The first-order chi connectivity index (χ1) is 13.8. The van der Waals surface area contributed by atoms with Gasteiger partial charge in [-0.2, -0.15) is 13.5 Å². The molecule has 8 nitrogen and oxygen atoms in total. The number of carbonyl (C=O) groups excluding carboxylic acids is 1.